The maximum Gasteiger partial charge on any atom is 0.412 e. The van der Waals surface area contributed by atoms with Gasteiger partial charge < -0.3 is 9.84 Å². The highest BCUT2D eigenvalue weighted by Crippen LogP contribution is 2.38. The molecule has 4 aromatic rings. The van der Waals surface area contributed by atoms with Crippen molar-refractivity contribution in [1.29, 1.82) is 0 Å². The van der Waals surface area contributed by atoms with Crippen LogP contribution in [0.25, 0.3) is 22.4 Å². The molecule has 190 valence electrons. The van der Waals surface area contributed by atoms with Crippen molar-refractivity contribution in [3.8, 4) is 11.1 Å². The van der Waals surface area contributed by atoms with Crippen molar-refractivity contribution in [3.63, 3.8) is 0 Å². The average molecular weight is 524 g/mol. The molecule has 1 aliphatic carbocycles. The number of carbonyl (C=O) groups is 2. The summed E-state index contributed by atoms with van der Waals surface area (Å²) in [7, 11) is 0. The summed E-state index contributed by atoms with van der Waals surface area (Å²) < 4.78 is 5.68. The fraction of sp³-hybridized carbons (Fsp3) is 0.125. The molecule has 0 fully saturated rings. The predicted molar refractivity (Wildman–Crippen MR) is 150 cm³/mol. The van der Waals surface area contributed by atoms with Crippen molar-refractivity contribution < 1.29 is 19.4 Å². The molecular weight excluding hydrogens is 498 g/mol. The average Bonchev–Trinajstić information content (AvgIpc) is 3.27. The van der Waals surface area contributed by atoms with Crippen LogP contribution in [0.5, 0.6) is 0 Å². The van der Waals surface area contributed by atoms with Crippen LogP contribution >= 0.6 is 11.6 Å². The standard InChI is InChI=1S/C32H26ClNO4/c1-20(26-7-4-5-9-29(26)33)38-32(37)34-31-27-8-3-2-6-25(27)19-28(31)24-16-14-23(15-17-24)22-12-10-21(11-13-22)18-30(35)36/h2-17,20H,18-19H2,1H3,(H,34,37)(H,35,36)/t20-/m1/s1. The molecule has 0 bridgehead atoms. The SMILES string of the molecule is C[C@@H](OC(=O)NC1=C(c2ccc(-c3ccc(CC(=O)O)cc3)cc2)Cc2ccccc21)c1ccccc1Cl. The van der Waals surface area contributed by atoms with Crippen LogP contribution in [0.1, 0.15) is 40.8 Å². The second kappa shape index (κ2) is 11.0. The van der Waals surface area contributed by atoms with E-state index in [9.17, 15) is 9.59 Å². The number of alkyl carbamates (subject to hydrolysis) is 1. The zero-order valence-corrected chi connectivity index (χ0v) is 21.5. The Kier molecular flexibility index (Phi) is 7.29. The van der Waals surface area contributed by atoms with Gasteiger partial charge in [-0.05, 0) is 46.4 Å². The maximum absolute atomic E-state index is 13.0. The minimum absolute atomic E-state index is 0.00328. The molecule has 0 spiro atoms. The molecule has 0 saturated heterocycles. The minimum Gasteiger partial charge on any atom is -0.481 e. The van der Waals surface area contributed by atoms with Crippen molar-refractivity contribution >= 4 is 34.9 Å². The number of ether oxygens (including phenoxy) is 1. The Labute approximate surface area is 226 Å². The predicted octanol–water partition coefficient (Wildman–Crippen LogP) is 7.55. The highest BCUT2D eigenvalue weighted by atomic mass is 35.5. The quantitative estimate of drug-likeness (QED) is 0.262. The van der Waals surface area contributed by atoms with Gasteiger partial charge in [0.25, 0.3) is 0 Å². The van der Waals surface area contributed by atoms with Crippen molar-refractivity contribution in [1.82, 2.24) is 5.32 Å². The van der Waals surface area contributed by atoms with Crippen LogP contribution in [0, 0.1) is 0 Å². The highest BCUT2D eigenvalue weighted by Gasteiger charge is 2.25. The molecule has 0 unspecified atom stereocenters. The third-order valence-electron chi connectivity index (χ3n) is 6.69. The molecule has 4 aromatic carbocycles. The highest BCUT2D eigenvalue weighted by molar-refractivity contribution is 6.31. The summed E-state index contributed by atoms with van der Waals surface area (Å²) >= 11 is 6.28. The Bertz CT molecular complexity index is 1520. The molecule has 0 heterocycles. The molecule has 6 heteroatoms. The lowest BCUT2D eigenvalue weighted by atomic mass is 9.98. The van der Waals surface area contributed by atoms with Crippen LogP contribution in [-0.2, 0) is 22.4 Å². The van der Waals surface area contributed by atoms with Crippen LogP contribution in [-0.4, -0.2) is 17.2 Å². The third kappa shape index (κ3) is 5.48. The number of fused-ring (bicyclic) bond motifs is 1. The normalized spacial score (nSPS) is 13.1. The molecule has 0 radical (unpaired) electrons. The number of benzene rings is 4. The van der Waals surface area contributed by atoms with Gasteiger partial charge in [0.2, 0.25) is 0 Å². The lowest BCUT2D eigenvalue weighted by molar-refractivity contribution is -0.136. The van der Waals surface area contributed by atoms with E-state index in [0.29, 0.717) is 11.4 Å². The van der Waals surface area contributed by atoms with Gasteiger partial charge in [-0.2, -0.15) is 0 Å². The summed E-state index contributed by atoms with van der Waals surface area (Å²) in [4.78, 5) is 23.9. The number of carbonyl (C=O) groups excluding carboxylic acids is 1. The fourth-order valence-electron chi connectivity index (χ4n) is 4.76. The molecule has 5 rings (SSSR count). The first kappa shape index (κ1) is 25.3. The number of halogens is 1. The van der Waals surface area contributed by atoms with Gasteiger partial charge in [-0.1, -0.05) is 103 Å². The van der Waals surface area contributed by atoms with E-state index < -0.39 is 18.2 Å². The lowest BCUT2D eigenvalue weighted by Gasteiger charge is -2.17. The van der Waals surface area contributed by atoms with Gasteiger partial charge in [0.15, 0.2) is 0 Å². The number of rotatable bonds is 7. The van der Waals surface area contributed by atoms with Crippen LogP contribution in [0.3, 0.4) is 0 Å². The van der Waals surface area contributed by atoms with Gasteiger partial charge in [0.1, 0.15) is 6.10 Å². The van der Waals surface area contributed by atoms with Crippen molar-refractivity contribution in [2.24, 2.45) is 0 Å². The van der Waals surface area contributed by atoms with E-state index in [4.69, 9.17) is 21.4 Å². The van der Waals surface area contributed by atoms with Crippen LogP contribution < -0.4 is 5.32 Å². The minimum atomic E-state index is -0.848. The molecule has 38 heavy (non-hydrogen) atoms. The molecule has 5 nitrogen and oxygen atoms in total. The second-order valence-corrected chi connectivity index (χ2v) is 9.63. The van der Waals surface area contributed by atoms with Crippen molar-refractivity contribution in [2.75, 3.05) is 0 Å². The molecule has 0 saturated carbocycles. The van der Waals surface area contributed by atoms with Gasteiger partial charge >= 0.3 is 12.1 Å². The van der Waals surface area contributed by atoms with Crippen molar-refractivity contribution in [2.45, 2.75) is 25.9 Å². The summed E-state index contributed by atoms with van der Waals surface area (Å²) in [6.45, 7) is 1.80. The zero-order valence-electron chi connectivity index (χ0n) is 20.8. The number of nitrogens with one attached hydrogen (secondary N) is 1. The monoisotopic (exact) mass is 523 g/mol. The number of carboxylic acids is 1. The zero-order chi connectivity index (χ0) is 26.6. The third-order valence-corrected chi connectivity index (χ3v) is 7.03. The summed E-state index contributed by atoms with van der Waals surface area (Å²) in [5.74, 6) is -0.848. The number of aliphatic carboxylic acids is 1. The van der Waals surface area contributed by atoms with Gasteiger partial charge in [0.05, 0.1) is 12.1 Å². The van der Waals surface area contributed by atoms with E-state index in [1.165, 1.54) is 0 Å². The van der Waals surface area contributed by atoms with E-state index in [1.807, 2.05) is 84.9 Å². The molecule has 1 amide bonds. The first-order valence-electron chi connectivity index (χ1n) is 12.3. The second-order valence-electron chi connectivity index (χ2n) is 9.23. The molecular formula is C32H26ClNO4. The first-order valence-corrected chi connectivity index (χ1v) is 12.7. The van der Waals surface area contributed by atoms with E-state index in [0.717, 1.165) is 50.2 Å². The van der Waals surface area contributed by atoms with Crippen LogP contribution in [0.15, 0.2) is 97.1 Å². The Hall–Kier alpha value is -4.35. The maximum atomic E-state index is 13.0. The Morgan fingerprint density at radius 2 is 1.47 bits per heavy atom. The van der Waals surface area contributed by atoms with Gasteiger partial charge in [0, 0.05) is 22.6 Å². The van der Waals surface area contributed by atoms with E-state index in [2.05, 4.69) is 11.4 Å². The molecule has 1 atom stereocenters. The van der Waals surface area contributed by atoms with E-state index >= 15 is 0 Å². The topological polar surface area (TPSA) is 75.6 Å². The smallest absolute Gasteiger partial charge is 0.412 e. The first-order chi connectivity index (χ1) is 18.4. The summed E-state index contributed by atoms with van der Waals surface area (Å²) in [6, 6.07) is 31.0. The molecule has 0 aromatic heterocycles. The summed E-state index contributed by atoms with van der Waals surface area (Å²) in [5, 5.41) is 12.5. The van der Waals surface area contributed by atoms with E-state index in [1.54, 1.807) is 13.0 Å². The van der Waals surface area contributed by atoms with Crippen LogP contribution in [0.4, 0.5) is 4.79 Å². The lowest BCUT2D eigenvalue weighted by Crippen LogP contribution is -2.24. The number of carboxylic acid groups (broad SMARTS) is 1. The van der Waals surface area contributed by atoms with Gasteiger partial charge in [-0.15, -0.1) is 0 Å². The Morgan fingerprint density at radius 3 is 2.16 bits per heavy atom. The largest absolute Gasteiger partial charge is 0.481 e. The number of allylic oxidation sites excluding steroid dienone is 1. The summed E-state index contributed by atoms with van der Waals surface area (Å²) in [5.41, 5.74) is 8.40. The molecule has 2 N–H and O–H groups in total. The van der Waals surface area contributed by atoms with Gasteiger partial charge in [-0.25, -0.2) is 4.79 Å². The number of hydrogen-bond acceptors (Lipinski definition) is 3. The van der Waals surface area contributed by atoms with Crippen molar-refractivity contribution in [3.05, 3.63) is 130 Å². The molecule has 1 aliphatic rings. The number of amides is 1. The Balaban J connectivity index is 1.39. The Morgan fingerprint density at radius 1 is 0.868 bits per heavy atom. The van der Waals surface area contributed by atoms with E-state index in [-0.39, 0.29) is 6.42 Å². The van der Waals surface area contributed by atoms with Gasteiger partial charge in [-0.3, -0.25) is 10.1 Å². The van der Waals surface area contributed by atoms with Crippen LogP contribution in [0.2, 0.25) is 5.02 Å². The number of hydrogen-bond donors (Lipinski definition) is 2. The fourth-order valence-corrected chi connectivity index (χ4v) is 5.05. The summed E-state index contributed by atoms with van der Waals surface area (Å²) in [6.07, 6.45) is -0.358. The molecule has 0 aliphatic heterocycles.